The Morgan fingerprint density at radius 1 is 0.962 bits per heavy atom. The largest absolute Gasteiger partial charge is 0.481 e. The van der Waals surface area contributed by atoms with Gasteiger partial charge < -0.3 is 10.0 Å². The highest BCUT2D eigenvalue weighted by molar-refractivity contribution is 5.95. The lowest BCUT2D eigenvalue weighted by Gasteiger charge is -2.17. The second-order valence-corrected chi connectivity index (χ2v) is 6.25. The molecule has 1 N–H and O–H groups in total. The van der Waals surface area contributed by atoms with Crippen molar-refractivity contribution in [2.24, 2.45) is 5.92 Å². The van der Waals surface area contributed by atoms with Gasteiger partial charge in [0, 0.05) is 24.6 Å². The number of halogens is 3. The SMILES string of the molecule is O=C(O)[C@@H]1CN(C(=O)c2ccc(C(F)(F)F)cc2)C[C@@H]1c1ccccc1. The van der Waals surface area contributed by atoms with Crippen molar-refractivity contribution in [3.05, 3.63) is 71.3 Å². The number of nitrogens with zero attached hydrogens (tertiary/aromatic N) is 1. The van der Waals surface area contributed by atoms with Gasteiger partial charge in [-0.3, -0.25) is 9.59 Å². The Morgan fingerprint density at radius 2 is 1.58 bits per heavy atom. The first-order chi connectivity index (χ1) is 12.3. The minimum absolute atomic E-state index is 0.0226. The van der Waals surface area contributed by atoms with Gasteiger partial charge in [-0.15, -0.1) is 0 Å². The quantitative estimate of drug-likeness (QED) is 0.906. The first-order valence-corrected chi connectivity index (χ1v) is 8.01. The Labute approximate surface area is 147 Å². The van der Waals surface area contributed by atoms with E-state index >= 15 is 0 Å². The first kappa shape index (κ1) is 18.0. The van der Waals surface area contributed by atoms with Crippen LogP contribution in [0.1, 0.15) is 27.4 Å². The molecule has 1 heterocycles. The third-order valence-corrected chi connectivity index (χ3v) is 4.61. The molecule has 0 aliphatic carbocycles. The highest BCUT2D eigenvalue weighted by Crippen LogP contribution is 2.34. The van der Waals surface area contributed by atoms with Crippen molar-refractivity contribution < 1.29 is 27.9 Å². The predicted molar refractivity (Wildman–Crippen MR) is 87.7 cm³/mol. The van der Waals surface area contributed by atoms with Crippen LogP contribution in [0, 0.1) is 5.92 Å². The number of benzene rings is 2. The number of carboxylic acids is 1. The fourth-order valence-electron chi connectivity index (χ4n) is 3.24. The zero-order chi connectivity index (χ0) is 18.9. The van der Waals surface area contributed by atoms with Gasteiger partial charge in [-0.2, -0.15) is 13.2 Å². The molecule has 1 aliphatic heterocycles. The Kier molecular flexibility index (Phi) is 4.71. The van der Waals surface area contributed by atoms with Crippen LogP contribution >= 0.6 is 0 Å². The highest BCUT2D eigenvalue weighted by atomic mass is 19.4. The number of likely N-dealkylation sites (tertiary alicyclic amines) is 1. The lowest BCUT2D eigenvalue weighted by atomic mass is 9.89. The fraction of sp³-hybridized carbons (Fsp3) is 0.263. The average Bonchev–Trinajstić information content (AvgIpc) is 3.07. The molecule has 136 valence electrons. The van der Waals surface area contributed by atoms with Crippen LogP contribution in [0.4, 0.5) is 13.2 Å². The first-order valence-electron chi connectivity index (χ1n) is 8.01. The molecule has 2 aromatic rings. The van der Waals surface area contributed by atoms with Crippen LogP contribution in [-0.4, -0.2) is 35.0 Å². The molecule has 2 atom stereocenters. The molecule has 0 spiro atoms. The summed E-state index contributed by atoms with van der Waals surface area (Å²) >= 11 is 0. The van der Waals surface area contributed by atoms with Gasteiger partial charge in [0.25, 0.3) is 5.91 Å². The van der Waals surface area contributed by atoms with Crippen LogP contribution < -0.4 is 0 Å². The fourth-order valence-corrected chi connectivity index (χ4v) is 3.24. The van der Waals surface area contributed by atoms with Crippen LogP contribution in [-0.2, 0) is 11.0 Å². The summed E-state index contributed by atoms with van der Waals surface area (Å²) in [5, 5.41) is 9.48. The number of carbonyl (C=O) groups excluding carboxylic acids is 1. The number of carboxylic acid groups (broad SMARTS) is 1. The van der Waals surface area contributed by atoms with Crippen LogP contribution in [0.3, 0.4) is 0 Å². The van der Waals surface area contributed by atoms with Crippen LogP contribution in [0.5, 0.6) is 0 Å². The summed E-state index contributed by atoms with van der Waals surface area (Å²) in [5.41, 5.74) is 0.0968. The number of alkyl halides is 3. The minimum Gasteiger partial charge on any atom is -0.481 e. The second kappa shape index (κ2) is 6.82. The van der Waals surface area contributed by atoms with Gasteiger partial charge in [0.1, 0.15) is 0 Å². The zero-order valence-corrected chi connectivity index (χ0v) is 13.6. The second-order valence-electron chi connectivity index (χ2n) is 6.25. The topological polar surface area (TPSA) is 57.6 Å². The maximum atomic E-state index is 12.6. The predicted octanol–water partition coefficient (Wildman–Crippen LogP) is 3.65. The number of hydrogen-bond donors (Lipinski definition) is 1. The van der Waals surface area contributed by atoms with Crippen LogP contribution in [0.15, 0.2) is 54.6 Å². The maximum absolute atomic E-state index is 12.6. The van der Waals surface area contributed by atoms with Crippen molar-refractivity contribution >= 4 is 11.9 Å². The molecular weight excluding hydrogens is 347 g/mol. The Bertz CT molecular complexity index is 803. The standard InChI is InChI=1S/C19H16F3NO3/c20-19(21,22)14-8-6-13(7-9-14)17(24)23-10-15(16(11-23)18(25)26)12-4-2-1-3-5-12/h1-9,15-16H,10-11H2,(H,25,26)/t15-,16-/m1/s1. The van der Waals surface area contributed by atoms with Gasteiger partial charge in [-0.1, -0.05) is 30.3 Å². The molecule has 1 fully saturated rings. The van der Waals surface area contributed by atoms with Crippen LogP contribution in [0.2, 0.25) is 0 Å². The van der Waals surface area contributed by atoms with Crippen molar-refractivity contribution in [3.63, 3.8) is 0 Å². The zero-order valence-electron chi connectivity index (χ0n) is 13.6. The van der Waals surface area contributed by atoms with E-state index in [2.05, 4.69) is 0 Å². The Hall–Kier alpha value is -2.83. The molecule has 1 amide bonds. The Balaban J connectivity index is 1.81. The van der Waals surface area contributed by atoms with Crippen molar-refractivity contribution in [3.8, 4) is 0 Å². The molecular formula is C19H16F3NO3. The smallest absolute Gasteiger partial charge is 0.416 e. The van der Waals surface area contributed by atoms with E-state index in [0.29, 0.717) is 0 Å². The monoisotopic (exact) mass is 363 g/mol. The third kappa shape index (κ3) is 3.56. The molecule has 0 aromatic heterocycles. The van der Waals surface area contributed by atoms with E-state index in [1.165, 1.54) is 4.90 Å². The van der Waals surface area contributed by atoms with Crippen molar-refractivity contribution in [1.29, 1.82) is 0 Å². The van der Waals surface area contributed by atoms with Crippen molar-refractivity contribution in [1.82, 2.24) is 4.90 Å². The van der Waals surface area contributed by atoms with Gasteiger partial charge >= 0.3 is 12.1 Å². The Morgan fingerprint density at radius 3 is 2.12 bits per heavy atom. The summed E-state index contributed by atoms with van der Waals surface area (Å²) in [6, 6.07) is 13.0. The van der Waals surface area contributed by atoms with Gasteiger partial charge in [0.05, 0.1) is 11.5 Å². The number of hydrogen-bond acceptors (Lipinski definition) is 2. The minimum atomic E-state index is -4.47. The molecule has 0 saturated carbocycles. The van der Waals surface area contributed by atoms with Crippen molar-refractivity contribution in [2.75, 3.05) is 13.1 Å². The van der Waals surface area contributed by atoms with E-state index in [0.717, 1.165) is 29.8 Å². The van der Waals surface area contributed by atoms with Crippen molar-refractivity contribution in [2.45, 2.75) is 12.1 Å². The molecule has 1 aliphatic rings. The summed E-state index contributed by atoms with van der Waals surface area (Å²) in [6.07, 6.45) is -4.47. The summed E-state index contributed by atoms with van der Waals surface area (Å²) in [4.78, 5) is 25.6. The summed E-state index contributed by atoms with van der Waals surface area (Å²) in [6.45, 7) is 0.232. The molecule has 4 nitrogen and oxygen atoms in total. The lowest BCUT2D eigenvalue weighted by molar-refractivity contribution is -0.141. The highest BCUT2D eigenvalue weighted by Gasteiger charge is 2.40. The van der Waals surface area contributed by atoms with E-state index in [9.17, 15) is 27.9 Å². The third-order valence-electron chi connectivity index (χ3n) is 4.61. The molecule has 7 heteroatoms. The molecule has 2 aromatic carbocycles. The van der Waals surface area contributed by atoms with E-state index in [-0.39, 0.29) is 24.6 Å². The molecule has 26 heavy (non-hydrogen) atoms. The normalized spacial score (nSPS) is 20.2. The van der Waals surface area contributed by atoms with Gasteiger partial charge in [-0.25, -0.2) is 0 Å². The van der Waals surface area contributed by atoms with E-state index in [1.54, 1.807) is 12.1 Å². The lowest BCUT2D eigenvalue weighted by Crippen LogP contribution is -2.30. The average molecular weight is 363 g/mol. The number of amides is 1. The molecule has 3 rings (SSSR count). The maximum Gasteiger partial charge on any atom is 0.416 e. The van der Waals surface area contributed by atoms with E-state index in [4.69, 9.17) is 0 Å². The van der Waals surface area contributed by atoms with E-state index in [1.807, 2.05) is 18.2 Å². The van der Waals surface area contributed by atoms with E-state index < -0.39 is 29.5 Å². The number of carbonyl (C=O) groups is 2. The summed E-state index contributed by atoms with van der Waals surface area (Å²) in [5.74, 6) is -2.58. The molecule has 0 radical (unpaired) electrons. The van der Waals surface area contributed by atoms with Gasteiger partial charge in [0.15, 0.2) is 0 Å². The van der Waals surface area contributed by atoms with Gasteiger partial charge in [-0.05, 0) is 29.8 Å². The number of rotatable bonds is 3. The molecule has 0 bridgehead atoms. The molecule has 0 unspecified atom stereocenters. The van der Waals surface area contributed by atoms with Crippen LogP contribution in [0.25, 0.3) is 0 Å². The number of aliphatic carboxylic acids is 1. The summed E-state index contributed by atoms with van der Waals surface area (Å²) in [7, 11) is 0. The van der Waals surface area contributed by atoms with Gasteiger partial charge in [0.2, 0.25) is 0 Å². The molecule has 1 saturated heterocycles. The summed E-state index contributed by atoms with van der Waals surface area (Å²) < 4.78 is 37.9.